The van der Waals surface area contributed by atoms with Crippen molar-refractivity contribution in [2.75, 3.05) is 0 Å². The Bertz CT molecular complexity index is 3390. The molecule has 0 fully saturated rings. The highest BCUT2D eigenvalue weighted by molar-refractivity contribution is 6.32. The minimum atomic E-state index is 1.21. The van der Waals surface area contributed by atoms with Crippen LogP contribution in [0.3, 0.4) is 0 Å². The van der Waals surface area contributed by atoms with Crippen molar-refractivity contribution in [3.8, 4) is 66.8 Å². The Morgan fingerprint density at radius 2 is 0.484 bits per heavy atom. The number of hydrogen-bond donors (Lipinski definition) is 0. The molecule has 0 unspecified atom stereocenters. The van der Waals surface area contributed by atoms with Crippen LogP contribution < -0.4 is 0 Å². The first kappa shape index (κ1) is 36.1. The van der Waals surface area contributed by atoms with Crippen molar-refractivity contribution in [1.82, 2.24) is 0 Å². The van der Waals surface area contributed by atoms with Crippen LogP contribution in [0.1, 0.15) is 11.1 Å². The standard InChI is InChI=1S/C62H42/c1-39-17-21-45(22-18-39)57-37-59(47-29-25-43(26-30-47)51-15-7-11-41-9-3-5-13-49(41)51)55-36-34-54-58(46-23-19-40(2)20-24-46)38-60(56-35-33-53(57)61(55)62(54)56)48-31-27-44(28-32-48)52-16-8-12-42-10-4-6-14-50(42)52/h3-38H,1-2H3. The summed E-state index contributed by atoms with van der Waals surface area (Å²) in [4.78, 5) is 0. The molecule has 62 heavy (non-hydrogen) atoms. The van der Waals surface area contributed by atoms with Crippen LogP contribution in [-0.2, 0) is 0 Å². The van der Waals surface area contributed by atoms with Crippen LogP contribution in [0.2, 0.25) is 0 Å². The van der Waals surface area contributed by atoms with Crippen LogP contribution >= 0.6 is 0 Å². The molecule has 12 rings (SSSR count). The molecule has 12 aromatic rings. The molecule has 0 atom stereocenters. The third-order valence-electron chi connectivity index (χ3n) is 13.2. The fourth-order valence-electron chi connectivity index (χ4n) is 10.0. The summed E-state index contributed by atoms with van der Waals surface area (Å²) in [7, 11) is 0. The monoisotopic (exact) mass is 786 g/mol. The van der Waals surface area contributed by atoms with Crippen molar-refractivity contribution in [2.45, 2.75) is 13.8 Å². The Balaban J connectivity index is 1.11. The lowest BCUT2D eigenvalue weighted by Crippen LogP contribution is -1.94. The summed E-state index contributed by atoms with van der Waals surface area (Å²) in [5, 5.41) is 12.8. The number of rotatable bonds is 6. The molecule has 0 radical (unpaired) electrons. The van der Waals surface area contributed by atoms with Crippen LogP contribution in [0.25, 0.3) is 121 Å². The van der Waals surface area contributed by atoms with Gasteiger partial charge in [-0.2, -0.15) is 0 Å². The van der Waals surface area contributed by atoms with Gasteiger partial charge in [0.2, 0.25) is 0 Å². The normalized spacial score (nSPS) is 11.7. The van der Waals surface area contributed by atoms with Gasteiger partial charge in [0, 0.05) is 0 Å². The molecule has 0 heterocycles. The predicted molar refractivity (Wildman–Crippen MR) is 267 cm³/mol. The van der Waals surface area contributed by atoms with Gasteiger partial charge in [0.1, 0.15) is 0 Å². The smallest absolute Gasteiger partial charge is 0.00139 e. The second kappa shape index (κ2) is 14.4. The maximum absolute atomic E-state index is 2.44. The van der Waals surface area contributed by atoms with Gasteiger partial charge in [-0.25, -0.2) is 0 Å². The van der Waals surface area contributed by atoms with Crippen LogP contribution in [-0.4, -0.2) is 0 Å². The fraction of sp³-hybridized carbons (Fsp3) is 0.0323. The largest absolute Gasteiger partial charge is 0.0616 e. The number of aryl methyl sites for hydroxylation is 2. The number of hydrogen-bond acceptors (Lipinski definition) is 0. The lowest BCUT2D eigenvalue weighted by molar-refractivity contribution is 1.47. The average Bonchev–Trinajstić information content (AvgIpc) is 3.33. The molecule has 0 saturated carbocycles. The number of benzene rings is 12. The Kier molecular flexibility index (Phi) is 8.40. The zero-order valence-corrected chi connectivity index (χ0v) is 34.8. The van der Waals surface area contributed by atoms with Gasteiger partial charge in [-0.05, 0) is 147 Å². The van der Waals surface area contributed by atoms with Gasteiger partial charge < -0.3 is 0 Å². The zero-order valence-electron chi connectivity index (χ0n) is 34.8. The molecule has 0 aliphatic rings. The van der Waals surface area contributed by atoms with Crippen molar-refractivity contribution in [2.24, 2.45) is 0 Å². The summed E-state index contributed by atoms with van der Waals surface area (Å²) in [6.45, 7) is 4.33. The molecule has 0 aliphatic carbocycles. The lowest BCUT2D eigenvalue weighted by atomic mass is 9.81. The molecule has 0 saturated heterocycles. The van der Waals surface area contributed by atoms with Crippen molar-refractivity contribution in [3.05, 3.63) is 230 Å². The molecule has 0 amide bonds. The van der Waals surface area contributed by atoms with E-state index in [0.717, 1.165) is 0 Å². The minimum absolute atomic E-state index is 1.21. The van der Waals surface area contributed by atoms with E-state index in [2.05, 4.69) is 232 Å². The van der Waals surface area contributed by atoms with Gasteiger partial charge in [-0.1, -0.05) is 217 Å². The molecule has 290 valence electrons. The fourth-order valence-corrected chi connectivity index (χ4v) is 10.0. The molecule has 0 aromatic heterocycles. The van der Waals surface area contributed by atoms with E-state index < -0.39 is 0 Å². The summed E-state index contributed by atoms with van der Waals surface area (Å²) in [6.07, 6.45) is 0. The minimum Gasteiger partial charge on any atom is -0.0616 e. The topological polar surface area (TPSA) is 0 Å². The lowest BCUT2D eigenvalue weighted by Gasteiger charge is -2.22. The van der Waals surface area contributed by atoms with E-state index in [1.54, 1.807) is 0 Å². The second-order valence-corrected chi connectivity index (χ2v) is 17.0. The summed E-state index contributed by atoms with van der Waals surface area (Å²) < 4.78 is 0. The Hall–Kier alpha value is -7.80. The first-order chi connectivity index (χ1) is 30.6. The summed E-state index contributed by atoms with van der Waals surface area (Å²) >= 11 is 0. The molecule has 0 N–H and O–H groups in total. The average molecular weight is 787 g/mol. The van der Waals surface area contributed by atoms with E-state index in [9.17, 15) is 0 Å². The molecule has 0 heteroatoms. The van der Waals surface area contributed by atoms with Gasteiger partial charge >= 0.3 is 0 Å². The highest BCUT2D eigenvalue weighted by Gasteiger charge is 2.21. The summed E-state index contributed by atoms with van der Waals surface area (Å²) in [5.74, 6) is 0. The third-order valence-corrected chi connectivity index (χ3v) is 13.2. The van der Waals surface area contributed by atoms with E-state index in [0.29, 0.717) is 0 Å². The Morgan fingerprint density at radius 3 is 0.823 bits per heavy atom. The first-order valence-corrected chi connectivity index (χ1v) is 21.7. The maximum atomic E-state index is 2.44. The molecule has 0 bridgehead atoms. The van der Waals surface area contributed by atoms with E-state index in [4.69, 9.17) is 0 Å². The first-order valence-electron chi connectivity index (χ1n) is 21.7. The molecule has 0 nitrogen and oxygen atoms in total. The van der Waals surface area contributed by atoms with Crippen molar-refractivity contribution < 1.29 is 0 Å². The van der Waals surface area contributed by atoms with E-state index in [1.807, 2.05) is 0 Å². The van der Waals surface area contributed by atoms with Crippen LogP contribution in [0, 0.1) is 13.8 Å². The third kappa shape index (κ3) is 5.91. The zero-order chi connectivity index (χ0) is 41.3. The van der Waals surface area contributed by atoms with Crippen molar-refractivity contribution in [3.63, 3.8) is 0 Å². The Labute approximate surface area is 362 Å². The summed E-state index contributed by atoms with van der Waals surface area (Å²) in [5.41, 5.74) is 17.3. The second-order valence-electron chi connectivity index (χ2n) is 17.0. The maximum Gasteiger partial charge on any atom is -0.00139 e. The number of fused-ring (bicyclic) bond motifs is 2. The molecule has 12 aromatic carbocycles. The Morgan fingerprint density at radius 1 is 0.210 bits per heavy atom. The van der Waals surface area contributed by atoms with Gasteiger partial charge in [0.25, 0.3) is 0 Å². The molecular weight excluding hydrogens is 745 g/mol. The van der Waals surface area contributed by atoms with E-state index in [-0.39, 0.29) is 0 Å². The van der Waals surface area contributed by atoms with E-state index in [1.165, 1.54) is 132 Å². The van der Waals surface area contributed by atoms with Crippen molar-refractivity contribution >= 4 is 53.9 Å². The molecule has 0 aliphatic heterocycles. The highest BCUT2D eigenvalue weighted by Crippen LogP contribution is 2.49. The quantitative estimate of drug-likeness (QED) is 0.147. The van der Waals surface area contributed by atoms with E-state index >= 15 is 0 Å². The van der Waals surface area contributed by atoms with Gasteiger partial charge in [-0.3, -0.25) is 0 Å². The summed E-state index contributed by atoms with van der Waals surface area (Å²) in [6, 6.07) is 81.5. The molecule has 0 spiro atoms. The van der Waals surface area contributed by atoms with Crippen LogP contribution in [0.5, 0.6) is 0 Å². The molecular formula is C62H42. The SMILES string of the molecule is Cc1ccc(-c2cc(-c3ccc(-c4cccc5ccccc45)cc3)c3ccc4c(-c5ccc(C)cc5)cc(-c5ccc(-c6cccc7ccccc67)cc5)c5ccc2c3c45)cc1. The highest BCUT2D eigenvalue weighted by atomic mass is 14.2. The van der Waals surface area contributed by atoms with Gasteiger partial charge in [0.05, 0.1) is 0 Å². The van der Waals surface area contributed by atoms with Crippen LogP contribution in [0.4, 0.5) is 0 Å². The van der Waals surface area contributed by atoms with Crippen LogP contribution in [0.15, 0.2) is 218 Å². The predicted octanol–water partition coefficient (Wildman–Crippen LogP) is 17.5. The van der Waals surface area contributed by atoms with Gasteiger partial charge in [0.15, 0.2) is 0 Å². The van der Waals surface area contributed by atoms with Crippen molar-refractivity contribution in [1.29, 1.82) is 0 Å². The van der Waals surface area contributed by atoms with Gasteiger partial charge in [-0.15, -0.1) is 0 Å².